The molecule has 6 rings (SSSR count). The molecule has 6 fully saturated rings. The van der Waals surface area contributed by atoms with Gasteiger partial charge < -0.3 is 33.5 Å². The fourth-order valence-electron chi connectivity index (χ4n) is 8.02. The van der Waals surface area contributed by atoms with Crippen LogP contribution in [0.5, 0.6) is 0 Å². The van der Waals surface area contributed by atoms with E-state index in [1.165, 1.54) is 0 Å². The SMILES string of the molecule is CC(C)[C@H]1CC[C@@H](C)C[C@@H]1OC(=O)O[C@@H]1[C@H](O)[C@@H]2OC3(CCCCC3)O[C@H]2[C@@H]2OC3(CCCCC3)O[C@@H]21. The summed E-state index contributed by atoms with van der Waals surface area (Å²) < 4.78 is 38.2. The molecule has 8 nitrogen and oxygen atoms in total. The molecule has 6 aliphatic rings. The van der Waals surface area contributed by atoms with E-state index in [0.717, 1.165) is 83.5 Å². The Morgan fingerprint density at radius 2 is 1.32 bits per heavy atom. The Balaban J connectivity index is 1.22. The molecular formula is C29H46O8. The van der Waals surface area contributed by atoms with Gasteiger partial charge in [0.15, 0.2) is 17.7 Å². The first kappa shape index (κ1) is 26.3. The van der Waals surface area contributed by atoms with Gasteiger partial charge in [-0.15, -0.1) is 0 Å². The molecule has 4 aliphatic carbocycles. The van der Waals surface area contributed by atoms with Gasteiger partial charge in [-0.2, -0.15) is 0 Å². The molecule has 2 aliphatic heterocycles. The summed E-state index contributed by atoms with van der Waals surface area (Å²) in [5, 5.41) is 11.6. The van der Waals surface area contributed by atoms with Crippen LogP contribution in [0.3, 0.4) is 0 Å². The van der Waals surface area contributed by atoms with Crippen molar-refractivity contribution in [1.82, 2.24) is 0 Å². The molecule has 2 heterocycles. The Kier molecular flexibility index (Phi) is 7.27. The monoisotopic (exact) mass is 522 g/mol. The van der Waals surface area contributed by atoms with Crippen molar-refractivity contribution in [2.75, 3.05) is 0 Å². The van der Waals surface area contributed by atoms with E-state index < -0.39 is 54.4 Å². The standard InChI is InChI=1S/C29H46O8/c1-17(2)19-11-10-18(3)16-20(19)32-27(31)33-22-21(30)23-25(36-28(34-23)12-6-4-7-13-28)26-24(22)35-29(37-26)14-8-5-9-15-29/h17-26,30H,4-16H2,1-3H3/t18-,19-,20+,21+,22-,23+,24-,25-,26-/m1/s1. The third-order valence-corrected chi connectivity index (χ3v) is 10.0. The lowest BCUT2D eigenvalue weighted by molar-refractivity contribution is -0.225. The highest BCUT2D eigenvalue weighted by molar-refractivity contribution is 5.60. The highest BCUT2D eigenvalue weighted by atomic mass is 16.8. The van der Waals surface area contributed by atoms with E-state index in [0.29, 0.717) is 17.8 Å². The van der Waals surface area contributed by atoms with Crippen LogP contribution in [0.2, 0.25) is 0 Å². The average molecular weight is 523 g/mol. The largest absolute Gasteiger partial charge is 0.509 e. The zero-order valence-corrected chi connectivity index (χ0v) is 22.8. The van der Waals surface area contributed by atoms with Crippen LogP contribution in [-0.4, -0.2) is 65.6 Å². The predicted molar refractivity (Wildman–Crippen MR) is 134 cm³/mol. The van der Waals surface area contributed by atoms with E-state index in [9.17, 15) is 9.90 Å². The van der Waals surface area contributed by atoms with Crippen molar-refractivity contribution in [3.8, 4) is 0 Å². The van der Waals surface area contributed by atoms with Gasteiger partial charge in [0, 0.05) is 25.7 Å². The molecule has 210 valence electrons. The zero-order chi connectivity index (χ0) is 25.8. The quantitative estimate of drug-likeness (QED) is 0.504. The molecule has 0 aromatic rings. The van der Waals surface area contributed by atoms with Crippen LogP contribution in [0.15, 0.2) is 0 Å². The van der Waals surface area contributed by atoms with Gasteiger partial charge in [-0.3, -0.25) is 0 Å². The van der Waals surface area contributed by atoms with Crippen LogP contribution in [-0.2, 0) is 28.4 Å². The van der Waals surface area contributed by atoms with Crippen molar-refractivity contribution in [3.63, 3.8) is 0 Å². The first-order valence-corrected chi connectivity index (χ1v) is 15.0. The maximum atomic E-state index is 13.2. The summed E-state index contributed by atoms with van der Waals surface area (Å²) in [6.45, 7) is 6.58. The van der Waals surface area contributed by atoms with Crippen molar-refractivity contribution >= 4 is 6.16 Å². The van der Waals surface area contributed by atoms with Gasteiger partial charge in [-0.1, -0.05) is 40.0 Å². The van der Waals surface area contributed by atoms with E-state index in [1.807, 2.05) is 0 Å². The van der Waals surface area contributed by atoms with Crippen LogP contribution in [0.4, 0.5) is 4.79 Å². The summed E-state index contributed by atoms with van der Waals surface area (Å²) in [7, 11) is 0. The number of aliphatic hydroxyl groups is 1. The Bertz CT molecular complexity index is 819. The van der Waals surface area contributed by atoms with Crippen LogP contribution in [0, 0.1) is 17.8 Å². The minimum atomic E-state index is -1.08. The van der Waals surface area contributed by atoms with Crippen molar-refractivity contribution in [1.29, 1.82) is 0 Å². The van der Waals surface area contributed by atoms with Crippen molar-refractivity contribution in [2.45, 2.75) is 159 Å². The lowest BCUT2D eigenvalue weighted by Gasteiger charge is -2.40. The molecular weight excluding hydrogens is 476 g/mol. The lowest BCUT2D eigenvalue weighted by Crippen LogP contribution is -2.62. The Morgan fingerprint density at radius 3 is 1.92 bits per heavy atom. The van der Waals surface area contributed by atoms with Crippen LogP contribution in [0.1, 0.15) is 104 Å². The smallest absolute Gasteiger partial charge is 0.431 e. The summed E-state index contributed by atoms with van der Waals surface area (Å²) in [6, 6.07) is 0. The number of aliphatic hydroxyl groups excluding tert-OH is 1. The second-order valence-electron chi connectivity index (χ2n) is 13.1. The molecule has 0 amide bonds. The van der Waals surface area contributed by atoms with Gasteiger partial charge in [-0.25, -0.2) is 4.79 Å². The maximum Gasteiger partial charge on any atom is 0.509 e. The number of rotatable bonds is 3. The average Bonchev–Trinajstić information content (AvgIpc) is 3.41. The highest BCUT2D eigenvalue weighted by Gasteiger charge is 2.67. The summed E-state index contributed by atoms with van der Waals surface area (Å²) in [6.07, 6.45) is 7.64. The summed E-state index contributed by atoms with van der Waals surface area (Å²) >= 11 is 0. The molecule has 4 saturated carbocycles. The number of fused-ring (bicyclic) bond motifs is 3. The first-order chi connectivity index (χ1) is 17.8. The van der Waals surface area contributed by atoms with Gasteiger partial charge in [0.05, 0.1) is 0 Å². The lowest BCUT2D eigenvalue weighted by atomic mass is 9.75. The molecule has 1 N–H and O–H groups in total. The fourth-order valence-corrected chi connectivity index (χ4v) is 8.02. The predicted octanol–water partition coefficient (Wildman–Crippen LogP) is 5.23. The maximum absolute atomic E-state index is 13.2. The molecule has 0 bridgehead atoms. The molecule has 0 unspecified atom stereocenters. The minimum Gasteiger partial charge on any atom is -0.431 e. The fraction of sp³-hybridized carbons (Fsp3) is 0.966. The van der Waals surface area contributed by atoms with Gasteiger partial charge in [0.1, 0.15) is 36.6 Å². The van der Waals surface area contributed by atoms with Gasteiger partial charge in [0.25, 0.3) is 0 Å². The van der Waals surface area contributed by atoms with E-state index >= 15 is 0 Å². The second-order valence-corrected chi connectivity index (χ2v) is 13.1. The van der Waals surface area contributed by atoms with E-state index in [4.69, 9.17) is 28.4 Å². The summed E-state index contributed by atoms with van der Waals surface area (Å²) in [4.78, 5) is 13.2. The number of carbonyl (C=O) groups excluding carboxylic acids is 1. The molecule has 2 spiro atoms. The Morgan fingerprint density at radius 1 is 0.784 bits per heavy atom. The molecule has 0 aromatic carbocycles. The Hall–Kier alpha value is -0.930. The number of hydrogen-bond donors (Lipinski definition) is 1. The Labute approximate surface area is 221 Å². The third-order valence-electron chi connectivity index (χ3n) is 10.0. The highest BCUT2D eigenvalue weighted by Crippen LogP contribution is 2.52. The first-order valence-electron chi connectivity index (χ1n) is 15.0. The van der Waals surface area contributed by atoms with Crippen molar-refractivity contribution < 1.29 is 38.3 Å². The number of hydrogen-bond acceptors (Lipinski definition) is 8. The normalized spacial score (nSPS) is 44.5. The van der Waals surface area contributed by atoms with Gasteiger partial charge in [0.2, 0.25) is 0 Å². The molecule has 0 radical (unpaired) electrons. The summed E-state index contributed by atoms with van der Waals surface area (Å²) in [5.41, 5.74) is 0. The van der Waals surface area contributed by atoms with Crippen molar-refractivity contribution in [2.24, 2.45) is 17.8 Å². The molecule has 37 heavy (non-hydrogen) atoms. The van der Waals surface area contributed by atoms with E-state index in [-0.39, 0.29) is 6.10 Å². The third kappa shape index (κ3) is 4.94. The number of ether oxygens (including phenoxy) is 6. The van der Waals surface area contributed by atoms with E-state index in [2.05, 4.69) is 20.8 Å². The zero-order valence-electron chi connectivity index (χ0n) is 22.8. The molecule has 8 heteroatoms. The van der Waals surface area contributed by atoms with Crippen molar-refractivity contribution in [3.05, 3.63) is 0 Å². The molecule has 9 atom stereocenters. The van der Waals surface area contributed by atoms with E-state index in [1.54, 1.807) is 0 Å². The van der Waals surface area contributed by atoms with Crippen LogP contribution >= 0.6 is 0 Å². The van der Waals surface area contributed by atoms with Gasteiger partial charge in [-0.05, 0) is 56.3 Å². The number of carbonyl (C=O) groups is 1. The second kappa shape index (κ2) is 10.2. The van der Waals surface area contributed by atoms with Gasteiger partial charge >= 0.3 is 6.16 Å². The molecule has 2 saturated heterocycles. The van der Waals surface area contributed by atoms with Crippen LogP contribution in [0.25, 0.3) is 0 Å². The molecule has 0 aromatic heterocycles. The summed E-state index contributed by atoms with van der Waals surface area (Å²) in [5.74, 6) is -0.161. The topological polar surface area (TPSA) is 92.7 Å². The minimum absolute atomic E-state index is 0.178. The van der Waals surface area contributed by atoms with Crippen LogP contribution < -0.4 is 0 Å².